The lowest BCUT2D eigenvalue weighted by atomic mass is 10.1. The largest absolute Gasteiger partial charge is 0.496 e. The van der Waals surface area contributed by atoms with E-state index in [1.807, 2.05) is 0 Å². The van der Waals surface area contributed by atoms with E-state index in [1.165, 1.54) is 20.3 Å². The average Bonchev–Trinajstić information content (AvgIpc) is 3.21. The molecule has 0 saturated carbocycles. The van der Waals surface area contributed by atoms with Crippen LogP contribution in [0.5, 0.6) is 11.5 Å². The molecule has 3 aromatic carbocycles. The Hall–Kier alpha value is -3.98. The molecular formula is C23H18FN3O4S. The number of hydrogen-bond donors (Lipinski definition) is 2. The normalized spacial score (nSPS) is 10.6. The maximum atomic E-state index is 14.0. The van der Waals surface area contributed by atoms with E-state index in [9.17, 15) is 9.18 Å². The van der Waals surface area contributed by atoms with Gasteiger partial charge in [-0.25, -0.2) is 9.37 Å². The van der Waals surface area contributed by atoms with E-state index >= 15 is 0 Å². The molecular weight excluding hydrogens is 433 g/mol. The van der Waals surface area contributed by atoms with Crippen LogP contribution in [-0.2, 0) is 0 Å². The maximum absolute atomic E-state index is 14.0. The zero-order valence-electron chi connectivity index (χ0n) is 17.1. The van der Waals surface area contributed by atoms with Gasteiger partial charge in [0.1, 0.15) is 28.4 Å². The van der Waals surface area contributed by atoms with Gasteiger partial charge in [-0.1, -0.05) is 18.2 Å². The lowest BCUT2D eigenvalue weighted by molar-refractivity contribution is 0.0971. The van der Waals surface area contributed by atoms with E-state index < -0.39 is 11.7 Å². The number of anilines is 1. The summed E-state index contributed by atoms with van der Waals surface area (Å²) in [5.74, 6) is -0.0210. The van der Waals surface area contributed by atoms with Crippen LogP contribution in [0.3, 0.4) is 0 Å². The smallest absolute Gasteiger partial charge is 0.264 e. The molecule has 0 spiro atoms. The molecule has 2 N–H and O–H groups in total. The predicted molar refractivity (Wildman–Crippen MR) is 123 cm³/mol. The number of fused-ring (bicyclic) bond motifs is 1. The van der Waals surface area contributed by atoms with Crippen molar-refractivity contribution in [2.24, 2.45) is 0 Å². The lowest BCUT2D eigenvalue weighted by Crippen LogP contribution is -2.34. The second-order valence-electron chi connectivity index (χ2n) is 6.63. The Morgan fingerprint density at radius 2 is 1.75 bits per heavy atom. The van der Waals surface area contributed by atoms with Gasteiger partial charge < -0.3 is 19.2 Å². The van der Waals surface area contributed by atoms with Crippen molar-refractivity contribution in [3.8, 4) is 23.0 Å². The van der Waals surface area contributed by atoms with Crippen LogP contribution in [0.1, 0.15) is 10.4 Å². The predicted octanol–water partition coefficient (Wildman–Crippen LogP) is 4.78. The first kappa shape index (κ1) is 21.3. The summed E-state index contributed by atoms with van der Waals surface area (Å²) >= 11 is 5.27. The van der Waals surface area contributed by atoms with Gasteiger partial charge in [0, 0.05) is 5.69 Å². The van der Waals surface area contributed by atoms with E-state index in [4.69, 9.17) is 26.1 Å². The van der Waals surface area contributed by atoms with Crippen LogP contribution in [0.15, 0.2) is 65.1 Å². The van der Waals surface area contributed by atoms with Gasteiger partial charge in [-0.2, -0.15) is 0 Å². The number of carbonyl (C=O) groups is 1. The van der Waals surface area contributed by atoms with Crippen LogP contribution in [0.4, 0.5) is 10.1 Å². The van der Waals surface area contributed by atoms with Crippen molar-refractivity contribution < 1.29 is 23.1 Å². The van der Waals surface area contributed by atoms with Gasteiger partial charge in [-0.3, -0.25) is 10.1 Å². The standard InChI is InChI=1S/C23H18FN3O4S/c1-29-18-8-5-9-19(30-2)20(18)21(28)27-23(32)25-13-10-11-17-16(12-13)26-22(31-17)14-6-3-4-7-15(14)24/h3-12H,1-2H3,(H2,25,27,28,32). The van der Waals surface area contributed by atoms with Crippen LogP contribution in [-0.4, -0.2) is 30.2 Å². The molecule has 0 aliphatic rings. The molecule has 4 aromatic rings. The summed E-state index contributed by atoms with van der Waals surface area (Å²) in [6, 6.07) is 16.3. The third-order valence-corrected chi connectivity index (χ3v) is 4.84. The van der Waals surface area contributed by atoms with E-state index in [0.29, 0.717) is 28.3 Å². The summed E-state index contributed by atoms with van der Waals surface area (Å²) in [6.45, 7) is 0. The molecule has 0 fully saturated rings. The first-order valence-electron chi connectivity index (χ1n) is 9.49. The first-order chi connectivity index (χ1) is 15.5. The highest BCUT2D eigenvalue weighted by molar-refractivity contribution is 7.80. The van der Waals surface area contributed by atoms with E-state index in [2.05, 4.69) is 15.6 Å². The Kier molecular flexibility index (Phi) is 6.00. The second-order valence-corrected chi connectivity index (χ2v) is 7.04. The monoisotopic (exact) mass is 451 g/mol. The number of aromatic nitrogens is 1. The molecule has 0 aliphatic heterocycles. The summed E-state index contributed by atoms with van der Waals surface area (Å²) in [5.41, 5.74) is 2.06. The Labute approximate surface area is 188 Å². The minimum atomic E-state index is -0.485. The van der Waals surface area contributed by atoms with Crippen molar-refractivity contribution in [2.75, 3.05) is 19.5 Å². The zero-order chi connectivity index (χ0) is 22.7. The minimum Gasteiger partial charge on any atom is -0.496 e. The first-order valence-corrected chi connectivity index (χ1v) is 9.90. The summed E-state index contributed by atoms with van der Waals surface area (Å²) < 4.78 is 30.2. The number of carbonyl (C=O) groups excluding carboxylic acids is 1. The highest BCUT2D eigenvalue weighted by Crippen LogP contribution is 2.29. The van der Waals surface area contributed by atoms with Crippen LogP contribution in [0, 0.1) is 5.82 Å². The Balaban J connectivity index is 1.52. The minimum absolute atomic E-state index is 0.0696. The molecule has 0 aliphatic carbocycles. The molecule has 32 heavy (non-hydrogen) atoms. The molecule has 9 heteroatoms. The van der Waals surface area contributed by atoms with E-state index in [-0.39, 0.29) is 22.1 Å². The fourth-order valence-electron chi connectivity index (χ4n) is 3.16. The summed E-state index contributed by atoms with van der Waals surface area (Å²) in [4.78, 5) is 17.1. The summed E-state index contributed by atoms with van der Waals surface area (Å²) in [5, 5.41) is 5.61. The number of amides is 1. The SMILES string of the molecule is COc1cccc(OC)c1C(=O)NC(=S)Nc1ccc2oc(-c3ccccc3F)nc2c1. The van der Waals surface area contributed by atoms with Crippen molar-refractivity contribution >= 4 is 40.0 Å². The molecule has 1 heterocycles. The molecule has 0 bridgehead atoms. The van der Waals surface area contributed by atoms with Crippen LogP contribution < -0.4 is 20.1 Å². The van der Waals surface area contributed by atoms with Gasteiger partial charge in [-0.05, 0) is 54.7 Å². The molecule has 1 aromatic heterocycles. The number of hydrogen-bond acceptors (Lipinski definition) is 6. The number of benzene rings is 3. The second kappa shape index (κ2) is 9.03. The maximum Gasteiger partial charge on any atom is 0.264 e. The van der Waals surface area contributed by atoms with Crippen molar-refractivity contribution in [3.05, 3.63) is 72.0 Å². The van der Waals surface area contributed by atoms with Crippen LogP contribution in [0.25, 0.3) is 22.6 Å². The molecule has 7 nitrogen and oxygen atoms in total. The molecule has 0 atom stereocenters. The number of thiocarbonyl (C=S) groups is 1. The molecule has 4 rings (SSSR count). The Bertz CT molecular complexity index is 1300. The molecule has 0 unspecified atom stereocenters. The zero-order valence-corrected chi connectivity index (χ0v) is 18.0. The number of rotatable bonds is 5. The quantitative estimate of drug-likeness (QED) is 0.423. The van der Waals surface area contributed by atoms with E-state index in [0.717, 1.165) is 0 Å². The third-order valence-electron chi connectivity index (χ3n) is 4.63. The van der Waals surface area contributed by atoms with Crippen LogP contribution in [0.2, 0.25) is 0 Å². The number of oxazole rings is 1. The highest BCUT2D eigenvalue weighted by Gasteiger charge is 2.19. The molecule has 0 radical (unpaired) electrons. The van der Waals surface area contributed by atoms with Gasteiger partial charge >= 0.3 is 0 Å². The van der Waals surface area contributed by atoms with Gasteiger partial charge in [0.25, 0.3) is 5.91 Å². The van der Waals surface area contributed by atoms with Gasteiger partial charge in [0.15, 0.2) is 10.7 Å². The van der Waals surface area contributed by atoms with Crippen molar-refractivity contribution in [2.45, 2.75) is 0 Å². The topological polar surface area (TPSA) is 85.6 Å². The van der Waals surface area contributed by atoms with Crippen molar-refractivity contribution in [1.82, 2.24) is 10.3 Å². The van der Waals surface area contributed by atoms with Crippen molar-refractivity contribution in [3.63, 3.8) is 0 Å². The summed E-state index contributed by atoms with van der Waals surface area (Å²) in [7, 11) is 2.93. The third kappa shape index (κ3) is 4.23. The summed E-state index contributed by atoms with van der Waals surface area (Å²) in [6.07, 6.45) is 0. The number of nitrogens with one attached hydrogen (secondary N) is 2. The fraction of sp³-hybridized carbons (Fsp3) is 0.0870. The van der Waals surface area contributed by atoms with Gasteiger partial charge in [0.2, 0.25) is 5.89 Å². The number of nitrogens with zero attached hydrogens (tertiary/aromatic N) is 1. The van der Waals surface area contributed by atoms with Crippen LogP contribution >= 0.6 is 12.2 Å². The average molecular weight is 451 g/mol. The van der Waals surface area contributed by atoms with Crippen molar-refractivity contribution in [1.29, 1.82) is 0 Å². The van der Waals surface area contributed by atoms with E-state index in [1.54, 1.807) is 54.6 Å². The Morgan fingerprint density at radius 1 is 1.03 bits per heavy atom. The molecule has 0 saturated heterocycles. The lowest BCUT2D eigenvalue weighted by Gasteiger charge is -2.14. The van der Waals surface area contributed by atoms with Gasteiger partial charge in [0.05, 0.1) is 19.8 Å². The fourth-order valence-corrected chi connectivity index (χ4v) is 3.37. The molecule has 1 amide bonds. The number of ether oxygens (including phenoxy) is 2. The highest BCUT2D eigenvalue weighted by atomic mass is 32.1. The molecule has 162 valence electrons. The van der Waals surface area contributed by atoms with Gasteiger partial charge in [-0.15, -0.1) is 0 Å². The number of halogens is 1. The Morgan fingerprint density at radius 3 is 2.44 bits per heavy atom. The number of methoxy groups -OCH3 is 2.